The van der Waals surface area contributed by atoms with Crippen LogP contribution in [0.25, 0.3) is 0 Å². The first-order valence-electron chi connectivity index (χ1n) is 6.46. The second-order valence-electron chi connectivity index (χ2n) is 5.08. The van der Waals surface area contributed by atoms with Crippen LogP contribution in [0.3, 0.4) is 0 Å². The molecule has 19 heavy (non-hydrogen) atoms. The van der Waals surface area contributed by atoms with Crippen LogP contribution in [0.5, 0.6) is 0 Å². The van der Waals surface area contributed by atoms with Crippen LogP contribution in [0.4, 0.5) is 0 Å². The molecule has 0 aromatic carbocycles. The van der Waals surface area contributed by atoms with Gasteiger partial charge in [-0.25, -0.2) is 0 Å². The summed E-state index contributed by atoms with van der Waals surface area (Å²) >= 11 is 0. The van der Waals surface area contributed by atoms with Crippen molar-refractivity contribution in [3.8, 4) is 0 Å². The van der Waals surface area contributed by atoms with Gasteiger partial charge in [0, 0.05) is 0 Å². The zero-order chi connectivity index (χ0) is 14.4. The van der Waals surface area contributed by atoms with Gasteiger partial charge in [0.25, 0.3) is 0 Å². The molecule has 2 bridgehead atoms. The van der Waals surface area contributed by atoms with Crippen LogP contribution in [-0.2, 0) is 4.79 Å². The SMILES string of the molecule is C1=CC2CCC1C2.O=CC(O)C(O)C(O)C(O)CO. The molecule has 1 saturated carbocycles. The summed E-state index contributed by atoms with van der Waals surface area (Å²) < 4.78 is 0. The molecule has 2 aliphatic carbocycles. The number of rotatable bonds is 5. The molecule has 0 spiro atoms. The Bertz CT molecular complexity index is 294. The average molecular weight is 274 g/mol. The van der Waals surface area contributed by atoms with E-state index in [4.69, 9.17) is 25.5 Å². The second kappa shape index (κ2) is 7.72. The molecule has 6 atom stereocenters. The van der Waals surface area contributed by atoms with Crippen molar-refractivity contribution in [2.75, 3.05) is 6.61 Å². The van der Waals surface area contributed by atoms with Gasteiger partial charge in [-0.3, -0.25) is 0 Å². The Kier molecular flexibility index (Phi) is 6.60. The van der Waals surface area contributed by atoms with Crippen LogP contribution >= 0.6 is 0 Å². The lowest BCUT2D eigenvalue weighted by Gasteiger charge is -2.22. The Morgan fingerprint density at radius 3 is 1.84 bits per heavy atom. The predicted octanol–water partition coefficient (Wildman–Crippen LogP) is -1.41. The third kappa shape index (κ3) is 4.67. The summed E-state index contributed by atoms with van der Waals surface area (Å²) in [7, 11) is 0. The molecule has 0 aromatic rings. The number of carbonyl (C=O) groups excluding carboxylic acids is 1. The van der Waals surface area contributed by atoms with Crippen molar-refractivity contribution in [3.05, 3.63) is 12.2 Å². The van der Waals surface area contributed by atoms with E-state index in [1.54, 1.807) is 0 Å². The molecule has 1 fully saturated rings. The number of aliphatic hydroxyl groups excluding tert-OH is 5. The number of aliphatic hydroxyl groups is 5. The fourth-order valence-corrected chi connectivity index (χ4v) is 2.33. The highest BCUT2D eigenvalue weighted by molar-refractivity contribution is 5.56. The molecule has 0 heterocycles. The molecular formula is C13H22O6. The molecule has 0 aromatic heterocycles. The molecule has 0 aliphatic heterocycles. The maximum absolute atomic E-state index is 9.90. The van der Waals surface area contributed by atoms with Crippen molar-refractivity contribution in [2.45, 2.75) is 43.7 Å². The molecule has 6 heteroatoms. The standard InChI is InChI=1S/C7H10.C6H12O6/c1-2-7-4-3-6(1)5-7;7-1-3(9)5(11)6(12)4(10)2-8/h1-2,6-7H,3-5H2;1,3-6,8-12H,2H2. The van der Waals surface area contributed by atoms with Gasteiger partial charge in [0.05, 0.1) is 6.61 Å². The van der Waals surface area contributed by atoms with Crippen LogP contribution in [0.15, 0.2) is 12.2 Å². The molecule has 110 valence electrons. The summed E-state index contributed by atoms with van der Waals surface area (Å²) in [6.07, 6.45) is 2.35. The molecule has 0 saturated heterocycles. The summed E-state index contributed by atoms with van der Waals surface area (Å²) in [6.45, 7) is -0.760. The van der Waals surface area contributed by atoms with Gasteiger partial charge in [0.15, 0.2) is 6.29 Å². The van der Waals surface area contributed by atoms with Gasteiger partial charge < -0.3 is 30.3 Å². The number of allylic oxidation sites excluding steroid dienone is 2. The molecule has 0 amide bonds. The maximum Gasteiger partial charge on any atom is 0.151 e. The van der Waals surface area contributed by atoms with E-state index >= 15 is 0 Å². The van der Waals surface area contributed by atoms with Crippen LogP contribution in [0.2, 0.25) is 0 Å². The number of carbonyl (C=O) groups is 1. The van der Waals surface area contributed by atoms with Crippen molar-refractivity contribution < 1.29 is 30.3 Å². The minimum atomic E-state index is -1.79. The zero-order valence-corrected chi connectivity index (χ0v) is 10.7. The Hall–Kier alpha value is -0.790. The first-order valence-corrected chi connectivity index (χ1v) is 6.46. The normalized spacial score (nSPS) is 30.2. The molecule has 2 aliphatic rings. The van der Waals surface area contributed by atoms with Crippen LogP contribution in [0, 0.1) is 11.8 Å². The van der Waals surface area contributed by atoms with E-state index < -0.39 is 31.0 Å². The van der Waals surface area contributed by atoms with Crippen molar-refractivity contribution in [3.63, 3.8) is 0 Å². The van der Waals surface area contributed by atoms with Gasteiger partial charge in [0.2, 0.25) is 0 Å². The third-order valence-electron chi connectivity index (χ3n) is 3.59. The molecule has 5 N–H and O–H groups in total. The van der Waals surface area contributed by atoms with Gasteiger partial charge in [-0.15, -0.1) is 0 Å². The van der Waals surface area contributed by atoms with E-state index in [1.165, 1.54) is 19.3 Å². The lowest BCUT2D eigenvalue weighted by molar-refractivity contribution is -0.136. The number of hydrogen-bond acceptors (Lipinski definition) is 6. The van der Waals surface area contributed by atoms with Gasteiger partial charge in [-0.2, -0.15) is 0 Å². The highest BCUT2D eigenvalue weighted by Gasteiger charge is 2.29. The number of fused-ring (bicyclic) bond motifs is 2. The maximum atomic E-state index is 9.90. The fraction of sp³-hybridized carbons (Fsp3) is 0.769. The topological polar surface area (TPSA) is 118 Å². The molecule has 0 radical (unpaired) electrons. The summed E-state index contributed by atoms with van der Waals surface area (Å²) in [5, 5.41) is 43.5. The first-order chi connectivity index (χ1) is 8.99. The van der Waals surface area contributed by atoms with Crippen molar-refractivity contribution >= 4 is 6.29 Å². The van der Waals surface area contributed by atoms with Gasteiger partial charge in [-0.05, 0) is 31.1 Å². The summed E-state index contributed by atoms with van der Waals surface area (Å²) in [5.74, 6) is 1.98. The summed E-state index contributed by atoms with van der Waals surface area (Å²) in [5.41, 5.74) is 0. The number of hydrogen-bond donors (Lipinski definition) is 5. The quantitative estimate of drug-likeness (QED) is 0.311. The summed E-state index contributed by atoms with van der Waals surface area (Å²) in [6, 6.07) is 0. The lowest BCUT2D eigenvalue weighted by atomic mass is 10.0. The fourth-order valence-electron chi connectivity index (χ4n) is 2.33. The van der Waals surface area contributed by atoms with E-state index in [0.29, 0.717) is 0 Å². The van der Waals surface area contributed by atoms with Crippen LogP contribution in [0.1, 0.15) is 19.3 Å². The highest BCUT2D eigenvalue weighted by atomic mass is 16.4. The van der Waals surface area contributed by atoms with Gasteiger partial charge in [-0.1, -0.05) is 12.2 Å². The minimum Gasteiger partial charge on any atom is -0.394 e. The molecular weight excluding hydrogens is 252 g/mol. The van der Waals surface area contributed by atoms with Crippen molar-refractivity contribution in [2.24, 2.45) is 11.8 Å². The molecule has 6 unspecified atom stereocenters. The van der Waals surface area contributed by atoms with E-state index in [-0.39, 0.29) is 6.29 Å². The highest BCUT2D eigenvalue weighted by Crippen LogP contribution is 2.38. The van der Waals surface area contributed by atoms with Crippen LogP contribution in [-0.4, -0.2) is 62.8 Å². The second-order valence-corrected chi connectivity index (χ2v) is 5.08. The number of aldehydes is 1. The first kappa shape index (κ1) is 16.3. The third-order valence-corrected chi connectivity index (χ3v) is 3.59. The summed E-state index contributed by atoms with van der Waals surface area (Å²) in [4.78, 5) is 9.90. The smallest absolute Gasteiger partial charge is 0.151 e. The Morgan fingerprint density at radius 1 is 1.05 bits per heavy atom. The minimum absolute atomic E-state index is 0.0258. The monoisotopic (exact) mass is 274 g/mol. The molecule has 2 rings (SSSR count). The lowest BCUT2D eigenvalue weighted by Crippen LogP contribution is -2.46. The van der Waals surface area contributed by atoms with E-state index in [1.807, 2.05) is 0 Å². The average Bonchev–Trinajstić information content (AvgIpc) is 3.09. The molecule has 6 nitrogen and oxygen atoms in total. The Balaban J connectivity index is 0.000000213. The van der Waals surface area contributed by atoms with Gasteiger partial charge >= 0.3 is 0 Å². The Labute approximate surface area is 112 Å². The Morgan fingerprint density at radius 2 is 1.58 bits per heavy atom. The van der Waals surface area contributed by atoms with E-state index in [0.717, 1.165) is 11.8 Å². The predicted molar refractivity (Wildman–Crippen MR) is 67.1 cm³/mol. The van der Waals surface area contributed by atoms with Crippen LogP contribution < -0.4 is 0 Å². The van der Waals surface area contributed by atoms with Gasteiger partial charge in [0.1, 0.15) is 24.4 Å². The van der Waals surface area contributed by atoms with Crippen molar-refractivity contribution in [1.29, 1.82) is 0 Å². The van der Waals surface area contributed by atoms with E-state index in [2.05, 4.69) is 12.2 Å². The largest absolute Gasteiger partial charge is 0.394 e. The zero-order valence-electron chi connectivity index (χ0n) is 10.7. The van der Waals surface area contributed by atoms with Crippen molar-refractivity contribution in [1.82, 2.24) is 0 Å². The van der Waals surface area contributed by atoms with E-state index in [9.17, 15) is 4.79 Å².